The van der Waals surface area contributed by atoms with Crippen LogP contribution in [-0.4, -0.2) is 32.1 Å². The van der Waals surface area contributed by atoms with Gasteiger partial charge in [0.25, 0.3) is 0 Å². The molecule has 2 rings (SSSR count). The van der Waals surface area contributed by atoms with Gasteiger partial charge < -0.3 is 9.64 Å². The minimum Gasteiger partial charge on any atom is -0.375 e. The molecular formula is C13H16BrNO2. The molecule has 1 aliphatic rings. The molecule has 0 radical (unpaired) electrons. The molecule has 0 bridgehead atoms. The number of carbonyl (C=O) groups is 1. The summed E-state index contributed by atoms with van der Waals surface area (Å²) in [6.07, 6.45) is 2.19. The van der Waals surface area contributed by atoms with E-state index in [1.807, 2.05) is 18.2 Å². The third kappa shape index (κ3) is 2.87. The summed E-state index contributed by atoms with van der Waals surface area (Å²) in [4.78, 5) is 13.3. The molecule has 1 aromatic rings. The van der Waals surface area contributed by atoms with Crippen LogP contribution in [0.15, 0.2) is 22.7 Å². The normalized spacial score (nSPS) is 20.4. The maximum absolute atomic E-state index is 11.1. The first kappa shape index (κ1) is 12.6. The van der Waals surface area contributed by atoms with Crippen LogP contribution in [-0.2, 0) is 4.74 Å². The molecule has 0 saturated carbocycles. The fourth-order valence-electron chi connectivity index (χ4n) is 2.09. The van der Waals surface area contributed by atoms with E-state index in [4.69, 9.17) is 4.74 Å². The molecule has 1 aliphatic heterocycles. The predicted molar refractivity (Wildman–Crippen MR) is 71.8 cm³/mol. The van der Waals surface area contributed by atoms with Gasteiger partial charge in [-0.1, -0.05) is 22.9 Å². The Kier molecular flexibility index (Phi) is 4.18. The highest BCUT2D eigenvalue weighted by Gasteiger charge is 2.20. The first-order valence-corrected chi connectivity index (χ1v) is 6.65. The van der Waals surface area contributed by atoms with Crippen molar-refractivity contribution in [3.05, 3.63) is 28.2 Å². The molecule has 1 atom stereocenters. The van der Waals surface area contributed by atoms with Gasteiger partial charge in [-0.05, 0) is 24.6 Å². The summed E-state index contributed by atoms with van der Waals surface area (Å²) in [6, 6.07) is 5.82. The molecule has 4 heteroatoms. The standard InChI is InChI=1S/C13H16BrNO2/c1-2-12-8-15(5-6-17-12)13-4-3-11(14)7-10(13)9-16/h3-4,7,9,12H,2,5-6,8H2,1H3. The molecule has 0 aliphatic carbocycles. The van der Waals surface area contributed by atoms with Gasteiger partial charge in [-0.25, -0.2) is 0 Å². The second-order valence-electron chi connectivity index (χ2n) is 4.17. The van der Waals surface area contributed by atoms with Crippen LogP contribution in [0.25, 0.3) is 0 Å². The molecule has 0 N–H and O–H groups in total. The second-order valence-corrected chi connectivity index (χ2v) is 5.08. The summed E-state index contributed by atoms with van der Waals surface area (Å²) >= 11 is 3.38. The number of hydrogen-bond acceptors (Lipinski definition) is 3. The molecule has 0 amide bonds. The van der Waals surface area contributed by atoms with Crippen LogP contribution in [0.5, 0.6) is 0 Å². The quantitative estimate of drug-likeness (QED) is 0.804. The first-order valence-electron chi connectivity index (χ1n) is 5.86. The van der Waals surface area contributed by atoms with Gasteiger partial charge in [0.15, 0.2) is 6.29 Å². The van der Waals surface area contributed by atoms with Crippen LogP contribution in [0.4, 0.5) is 5.69 Å². The monoisotopic (exact) mass is 297 g/mol. The predicted octanol–water partition coefficient (Wildman–Crippen LogP) is 2.88. The zero-order chi connectivity index (χ0) is 12.3. The molecule has 17 heavy (non-hydrogen) atoms. The molecule has 1 fully saturated rings. The minimum atomic E-state index is 0.270. The van der Waals surface area contributed by atoms with E-state index in [9.17, 15) is 4.79 Å². The number of carbonyl (C=O) groups excluding carboxylic acids is 1. The first-order chi connectivity index (χ1) is 8.24. The number of anilines is 1. The van der Waals surface area contributed by atoms with E-state index in [0.717, 1.165) is 48.1 Å². The van der Waals surface area contributed by atoms with Crippen LogP contribution in [0.2, 0.25) is 0 Å². The van der Waals surface area contributed by atoms with Crippen LogP contribution in [0.3, 0.4) is 0 Å². The maximum Gasteiger partial charge on any atom is 0.152 e. The van der Waals surface area contributed by atoms with Gasteiger partial charge in [0.2, 0.25) is 0 Å². The summed E-state index contributed by atoms with van der Waals surface area (Å²) in [5.41, 5.74) is 1.74. The molecule has 1 unspecified atom stereocenters. The van der Waals surface area contributed by atoms with E-state index >= 15 is 0 Å². The van der Waals surface area contributed by atoms with Gasteiger partial charge in [0.1, 0.15) is 0 Å². The summed E-state index contributed by atoms with van der Waals surface area (Å²) in [7, 11) is 0. The van der Waals surface area contributed by atoms with Crippen LogP contribution in [0, 0.1) is 0 Å². The van der Waals surface area contributed by atoms with Crippen molar-refractivity contribution in [2.45, 2.75) is 19.4 Å². The Balaban J connectivity index is 2.23. The average molecular weight is 298 g/mol. The molecule has 1 saturated heterocycles. The second kappa shape index (κ2) is 5.65. The highest BCUT2D eigenvalue weighted by Crippen LogP contribution is 2.25. The van der Waals surface area contributed by atoms with Gasteiger partial charge in [-0.3, -0.25) is 4.79 Å². The lowest BCUT2D eigenvalue weighted by Crippen LogP contribution is -2.42. The lowest BCUT2D eigenvalue weighted by molar-refractivity contribution is 0.0384. The number of morpholine rings is 1. The molecule has 0 aromatic heterocycles. The molecule has 3 nitrogen and oxygen atoms in total. The van der Waals surface area contributed by atoms with Crippen molar-refractivity contribution < 1.29 is 9.53 Å². The minimum absolute atomic E-state index is 0.270. The van der Waals surface area contributed by atoms with Crippen molar-refractivity contribution in [1.82, 2.24) is 0 Å². The fourth-order valence-corrected chi connectivity index (χ4v) is 2.47. The Labute approximate surface area is 110 Å². The smallest absolute Gasteiger partial charge is 0.152 e. The topological polar surface area (TPSA) is 29.5 Å². The summed E-state index contributed by atoms with van der Waals surface area (Å²) in [5.74, 6) is 0. The van der Waals surface area contributed by atoms with Crippen molar-refractivity contribution in [3.63, 3.8) is 0 Å². The molecule has 1 heterocycles. The van der Waals surface area contributed by atoms with Crippen molar-refractivity contribution >= 4 is 27.9 Å². The van der Waals surface area contributed by atoms with E-state index in [0.29, 0.717) is 0 Å². The number of benzene rings is 1. The van der Waals surface area contributed by atoms with Crippen molar-refractivity contribution in [2.75, 3.05) is 24.6 Å². The SMILES string of the molecule is CCC1CN(c2ccc(Br)cc2C=O)CCO1. The number of ether oxygens (including phenoxy) is 1. The van der Waals surface area contributed by atoms with Crippen molar-refractivity contribution in [2.24, 2.45) is 0 Å². The Bertz CT molecular complexity index is 408. The number of rotatable bonds is 3. The number of nitrogens with zero attached hydrogens (tertiary/aromatic N) is 1. The number of aldehydes is 1. The van der Waals surface area contributed by atoms with Crippen molar-refractivity contribution in [3.8, 4) is 0 Å². The lowest BCUT2D eigenvalue weighted by Gasteiger charge is -2.34. The van der Waals surface area contributed by atoms with E-state index in [2.05, 4.69) is 27.8 Å². The zero-order valence-electron chi connectivity index (χ0n) is 9.86. The zero-order valence-corrected chi connectivity index (χ0v) is 11.4. The van der Waals surface area contributed by atoms with Crippen LogP contribution >= 0.6 is 15.9 Å². The van der Waals surface area contributed by atoms with E-state index in [1.54, 1.807) is 0 Å². The third-order valence-electron chi connectivity index (χ3n) is 3.05. The van der Waals surface area contributed by atoms with E-state index in [1.165, 1.54) is 0 Å². The molecule has 92 valence electrons. The largest absolute Gasteiger partial charge is 0.375 e. The summed E-state index contributed by atoms with van der Waals surface area (Å²) < 4.78 is 6.57. The van der Waals surface area contributed by atoms with Gasteiger partial charge in [-0.2, -0.15) is 0 Å². The average Bonchev–Trinajstić information content (AvgIpc) is 2.38. The van der Waals surface area contributed by atoms with Gasteiger partial charge >= 0.3 is 0 Å². The summed E-state index contributed by atoms with van der Waals surface area (Å²) in [5, 5.41) is 0. The number of halogens is 1. The summed E-state index contributed by atoms with van der Waals surface area (Å²) in [6.45, 7) is 4.56. The molecule has 1 aromatic carbocycles. The van der Waals surface area contributed by atoms with Gasteiger partial charge in [0, 0.05) is 28.8 Å². The van der Waals surface area contributed by atoms with Crippen LogP contribution in [0.1, 0.15) is 23.7 Å². The highest BCUT2D eigenvalue weighted by molar-refractivity contribution is 9.10. The van der Waals surface area contributed by atoms with Gasteiger partial charge in [-0.15, -0.1) is 0 Å². The number of hydrogen-bond donors (Lipinski definition) is 0. The van der Waals surface area contributed by atoms with E-state index in [-0.39, 0.29) is 6.10 Å². The maximum atomic E-state index is 11.1. The highest BCUT2D eigenvalue weighted by atomic mass is 79.9. The fraction of sp³-hybridized carbons (Fsp3) is 0.462. The molecule has 0 spiro atoms. The lowest BCUT2D eigenvalue weighted by atomic mass is 10.1. The Morgan fingerprint density at radius 3 is 3.12 bits per heavy atom. The van der Waals surface area contributed by atoms with Crippen LogP contribution < -0.4 is 4.90 Å². The van der Waals surface area contributed by atoms with E-state index < -0.39 is 0 Å². The van der Waals surface area contributed by atoms with Crippen molar-refractivity contribution in [1.29, 1.82) is 0 Å². The van der Waals surface area contributed by atoms with Gasteiger partial charge in [0.05, 0.1) is 12.7 Å². The Morgan fingerprint density at radius 2 is 2.41 bits per heavy atom. The Morgan fingerprint density at radius 1 is 1.59 bits per heavy atom. The molecular weight excluding hydrogens is 282 g/mol. The third-order valence-corrected chi connectivity index (χ3v) is 3.54. The Hall–Kier alpha value is -0.870.